The molecule has 2 fully saturated rings. The van der Waals surface area contributed by atoms with E-state index >= 15 is 0 Å². The molecule has 9 nitrogen and oxygen atoms in total. The van der Waals surface area contributed by atoms with Crippen LogP contribution in [0.4, 0.5) is 11.6 Å². The molecule has 0 atom stereocenters. The molecule has 2 saturated heterocycles. The second kappa shape index (κ2) is 9.83. The largest absolute Gasteiger partial charge is 0.395 e. The van der Waals surface area contributed by atoms with Crippen LogP contribution < -0.4 is 9.80 Å². The summed E-state index contributed by atoms with van der Waals surface area (Å²) in [6, 6.07) is 17.0. The number of hydrogen-bond donors (Lipinski definition) is 1. The molecule has 0 spiro atoms. The number of sulfonamides is 1. The van der Waals surface area contributed by atoms with Crippen LogP contribution in [0.5, 0.6) is 0 Å². The number of nitrogens with zero attached hydrogens (tertiary/aromatic N) is 6. The second-order valence-corrected chi connectivity index (χ2v) is 10.6. The SMILES string of the molecule is O=S(=O)(c1cccc2ccccc12)N1CCN(c2ccc(N3CCN(CCO)CC3)nn2)CC1. The van der Waals surface area contributed by atoms with Crippen molar-refractivity contribution < 1.29 is 13.5 Å². The second-order valence-electron chi connectivity index (χ2n) is 8.67. The molecule has 0 unspecified atom stereocenters. The summed E-state index contributed by atoms with van der Waals surface area (Å²) in [6.45, 7) is 6.36. The maximum absolute atomic E-state index is 13.4. The minimum atomic E-state index is -3.58. The summed E-state index contributed by atoms with van der Waals surface area (Å²) < 4.78 is 28.3. The van der Waals surface area contributed by atoms with Gasteiger partial charge in [0.05, 0.1) is 11.5 Å². The number of fused-ring (bicyclic) bond motifs is 1. The van der Waals surface area contributed by atoms with Crippen LogP contribution in [-0.4, -0.2) is 98.4 Å². The molecule has 3 heterocycles. The molecule has 5 rings (SSSR count). The first-order valence-corrected chi connectivity index (χ1v) is 13.1. The highest BCUT2D eigenvalue weighted by Crippen LogP contribution is 2.27. The molecule has 10 heteroatoms. The van der Waals surface area contributed by atoms with Crippen LogP contribution in [0, 0.1) is 0 Å². The van der Waals surface area contributed by atoms with Crippen LogP contribution in [0.2, 0.25) is 0 Å². The Morgan fingerprint density at radius 1 is 0.735 bits per heavy atom. The quantitative estimate of drug-likeness (QED) is 0.561. The fraction of sp³-hybridized carbons (Fsp3) is 0.417. The average Bonchev–Trinajstić information content (AvgIpc) is 2.89. The average molecular weight is 483 g/mol. The Hall–Kier alpha value is -2.79. The van der Waals surface area contributed by atoms with E-state index in [4.69, 9.17) is 5.11 Å². The van der Waals surface area contributed by atoms with E-state index in [2.05, 4.69) is 24.9 Å². The summed E-state index contributed by atoms with van der Waals surface area (Å²) in [5.41, 5.74) is 0. The zero-order chi connectivity index (χ0) is 23.5. The summed E-state index contributed by atoms with van der Waals surface area (Å²) in [5, 5.41) is 19.6. The maximum atomic E-state index is 13.4. The van der Waals surface area contributed by atoms with E-state index < -0.39 is 10.0 Å². The summed E-state index contributed by atoms with van der Waals surface area (Å²) in [7, 11) is -3.58. The summed E-state index contributed by atoms with van der Waals surface area (Å²) >= 11 is 0. The first-order chi connectivity index (χ1) is 16.6. The monoisotopic (exact) mass is 482 g/mol. The van der Waals surface area contributed by atoms with Crippen LogP contribution in [0.15, 0.2) is 59.5 Å². The third kappa shape index (κ3) is 4.58. The number of piperazine rings is 2. The molecule has 0 radical (unpaired) electrons. The highest BCUT2D eigenvalue weighted by molar-refractivity contribution is 7.89. The third-order valence-electron chi connectivity index (χ3n) is 6.68. The van der Waals surface area contributed by atoms with Crippen LogP contribution in [0.1, 0.15) is 0 Å². The van der Waals surface area contributed by atoms with Gasteiger partial charge in [-0.05, 0) is 23.6 Å². The minimum Gasteiger partial charge on any atom is -0.395 e. The molecule has 0 amide bonds. The number of β-amino-alcohol motifs (C(OH)–C–C–N with tert-alkyl or cyclic N) is 1. The van der Waals surface area contributed by atoms with Gasteiger partial charge in [-0.25, -0.2) is 8.42 Å². The molecule has 0 aliphatic carbocycles. The summed E-state index contributed by atoms with van der Waals surface area (Å²) in [5.74, 6) is 1.62. The lowest BCUT2D eigenvalue weighted by molar-refractivity contribution is 0.188. The van der Waals surface area contributed by atoms with E-state index in [1.807, 2.05) is 42.5 Å². The van der Waals surface area contributed by atoms with Crippen molar-refractivity contribution in [2.75, 3.05) is 75.3 Å². The lowest BCUT2D eigenvalue weighted by Gasteiger charge is -2.36. The van der Waals surface area contributed by atoms with Crippen molar-refractivity contribution in [3.8, 4) is 0 Å². The van der Waals surface area contributed by atoms with Crippen molar-refractivity contribution in [2.24, 2.45) is 0 Å². The third-order valence-corrected chi connectivity index (χ3v) is 8.64. The molecule has 1 aromatic heterocycles. The van der Waals surface area contributed by atoms with Crippen LogP contribution in [0.3, 0.4) is 0 Å². The van der Waals surface area contributed by atoms with E-state index in [-0.39, 0.29) is 6.61 Å². The Labute approximate surface area is 200 Å². The van der Waals surface area contributed by atoms with Crippen LogP contribution in [0.25, 0.3) is 10.8 Å². The highest BCUT2D eigenvalue weighted by Gasteiger charge is 2.30. The molecular formula is C24H30N6O3S. The molecule has 2 aliphatic heterocycles. The predicted octanol–water partition coefficient (Wildman–Crippen LogP) is 1.26. The Morgan fingerprint density at radius 2 is 1.32 bits per heavy atom. The number of aromatic nitrogens is 2. The van der Waals surface area contributed by atoms with E-state index in [0.717, 1.165) is 48.6 Å². The van der Waals surface area contributed by atoms with Gasteiger partial charge in [0.2, 0.25) is 10.0 Å². The van der Waals surface area contributed by atoms with Crippen LogP contribution in [-0.2, 0) is 10.0 Å². The Kier molecular flexibility index (Phi) is 6.64. The Balaban J connectivity index is 1.22. The summed E-state index contributed by atoms with van der Waals surface area (Å²) in [6.07, 6.45) is 0. The van der Waals surface area contributed by atoms with Gasteiger partial charge in [-0.3, -0.25) is 4.90 Å². The summed E-state index contributed by atoms with van der Waals surface area (Å²) in [4.78, 5) is 6.90. The van der Waals surface area contributed by atoms with E-state index in [1.165, 1.54) is 0 Å². The van der Waals surface area contributed by atoms with Gasteiger partial charge in [0.1, 0.15) is 0 Å². The Morgan fingerprint density at radius 3 is 1.94 bits per heavy atom. The molecular weight excluding hydrogens is 452 g/mol. The van der Waals surface area contributed by atoms with Gasteiger partial charge in [-0.15, -0.1) is 10.2 Å². The zero-order valence-corrected chi connectivity index (χ0v) is 19.9. The van der Waals surface area contributed by atoms with Gasteiger partial charge >= 0.3 is 0 Å². The van der Waals surface area contributed by atoms with Gasteiger partial charge < -0.3 is 14.9 Å². The van der Waals surface area contributed by atoms with Crippen molar-refractivity contribution in [1.29, 1.82) is 0 Å². The predicted molar refractivity (Wildman–Crippen MR) is 133 cm³/mol. The highest BCUT2D eigenvalue weighted by atomic mass is 32.2. The van der Waals surface area contributed by atoms with E-state index in [1.54, 1.807) is 16.4 Å². The normalized spacial score (nSPS) is 18.5. The first kappa shape index (κ1) is 23.0. The number of anilines is 2. The Bertz CT molecular complexity index is 1220. The van der Waals surface area contributed by atoms with Crippen molar-refractivity contribution >= 4 is 32.4 Å². The molecule has 180 valence electrons. The molecule has 1 N–H and O–H groups in total. The number of hydrogen-bond acceptors (Lipinski definition) is 8. The number of aliphatic hydroxyl groups is 1. The number of benzene rings is 2. The molecule has 3 aromatic rings. The van der Waals surface area contributed by atoms with Crippen molar-refractivity contribution in [1.82, 2.24) is 19.4 Å². The van der Waals surface area contributed by atoms with E-state index in [0.29, 0.717) is 37.6 Å². The number of aliphatic hydroxyl groups excluding tert-OH is 1. The zero-order valence-electron chi connectivity index (χ0n) is 19.1. The van der Waals surface area contributed by atoms with Crippen molar-refractivity contribution in [3.05, 3.63) is 54.6 Å². The minimum absolute atomic E-state index is 0.186. The van der Waals surface area contributed by atoms with E-state index in [9.17, 15) is 8.42 Å². The molecule has 2 aromatic carbocycles. The lowest BCUT2D eigenvalue weighted by Crippen LogP contribution is -2.49. The van der Waals surface area contributed by atoms with Gasteiger partial charge in [-0.2, -0.15) is 4.31 Å². The van der Waals surface area contributed by atoms with Gasteiger partial charge in [0, 0.05) is 64.3 Å². The smallest absolute Gasteiger partial charge is 0.243 e. The van der Waals surface area contributed by atoms with Gasteiger partial charge in [-0.1, -0.05) is 36.4 Å². The van der Waals surface area contributed by atoms with Gasteiger partial charge in [0.25, 0.3) is 0 Å². The fourth-order valence-electron chi connectivity index (χ4n) is 4.71. The van der Waals surface area contributed by atoms with Crippen molar-refractivity contribution in [3.63, 3.8) is 0 Å². The standard InChI is InChI=1S/C24H30N6O3S/c31-19-18-27-10-12-28(13-11-27)23-8-9-24(26-25-23)29-14-16-30(17-15-29)34(32,33)22-7-3-5-20-4-1-2-6-21(20)22/h1-9,31H,10-19H2. The lowest BCUT2D eigenvalue weighted by atomic mass is 10.1. The van der Waals surface area contributed by atoms with Crippen molar-refractivity contribution in [2.45, 2.75) is 4.90 Å². The fourth-order valence-corrected chi connectivity index (χ4v) is 6.35. The molecule has 34 heavy (non-hydrogen) atoms. The molecule has 2 aliphatic rings. The van der Waals surface area contributed by atoms with Crippen LogP contribution >= 0.6 is 0 Å². The topological polar surface area (TPSA) is 93.1 Å². The number of rotatable bonds is 6. The van der Waals surface area contributed by atoms with Gasteiger partial charge in [0.15, 0.2) is 11.6 Å². The maximum Gasteiger partial charge on any atom is 0.243 e. The molecule has 0 bridgehead atoms. The molecule has 0 saturated carbocycles. The first-order valence-electron chi connectivity index (χ1n) is 11.7.